The molecule has 4 aromatic heterocycles. The van der Waals surface area contributed by atoms with Gasteiger partial charge < -0.3 is 40.7 Å². The van der Waals surface area contributed by atoms with Crippen LogP contribution in [0, 0.1) is 11.2 Å². The minimum absolute atomic E-state index is 0. The first-order chi connectivity index (χ1) is 22.7. The van der Waals surface area contributed by atoms with E-state index in [1.807, 2.05) is 4.98 Å². The molecule has 0 aromatic carbocycles. The van der Waals surface area contributed by atoms with Crippen LogP contribution in [0.4, 0.5) is 21.5 Å². The second kappa shape index (κ2) is 16.3. The number of carbonyl (C=O) groups is 4. The molecule has 0 radical (unpaired) electrons. The van der Waals surface area contributed by atoms with Gasteiger partial charge in [-0.15, -0.1) is 12.4 Å². The summed E-state index contributed by atoms with van der Waals surface area (Å²) in [5.74, 6) is -2.79. The molecule has 262 valence electrons. The highest BCUT2D eigenvalue weighted by molar-refractivity contribution is 6.07. The summed E-state index contributed by atoms with van der Waals surface area (Å²) in [6.45, 7) is 0.323. The Morgan fingerprint density at radius 1 is 0.776 bits per heavy atom. The number of rotatable bonds is 14. The maximum atomic E-state index is 13.4. The van der Waals surface area contributed by atoms with Crippen LogP contribution in [0.25, 0.3) is 0 Å². The van der Waals surface area contributed by atoms with E-state index in [1.54, 1.807) is 44.3 Å². The van der Waals surface area contributed by atoms with Crippen LogP contribution in [0.15, 0.2) is 52.6 Å². The second-order valence-electron chi connectivity index (χ2n) is 11.0. The second-order valence-corrected chi connectivity index (χ2v) is 11.0. The Balaban J connectivity index is 0.00000650. The number of H-pyrrole nitrogens is 1. The number of aromatic amines is 1. The molecule has 0 spiro atoms. The number of aromatic nitrogens is 5. The van der Waals surface area contributed by atoms with Crippen molar-refractivity contribution in [2.45, 2.75) is 32.2 Å². The molecule has 0 aliphatic carbocycles. The van der Waals surface area contributed by atoms with E-state index in [0.717, 1.165) is 10.8 Å². The molecule has 17 nitrogen and oxygen atoms in total. The normalized spacial score (nSPS) is 10.6. The van der Waals surface area contributed by atoms with Crippen LogP contribution in [0.1, 0.15) is 57.1 Å². The van der Waals surface area contributed by atoms with Crippen LogP contribution in [0.5, 0.6) is 0 Å². The molecule has 19 heteroatoms. The topological polar surface area (TPSA) is 236 Å². The van der Waals surface area contributed by atoms with Crippen molar-refractivity contribution in [3.05, 3.63) is 86.7 Å². The van der Waals surface area contributed by atoms with Crippen molar-refractivity contribution in [3.63, 3.8) is 0 Å². The highest BCUT2D eigenvalue weighted by Gasteiger charge is 2.19. The van der Waals surface area contributed by atoms with Gasteiger partial charge in [-0.3, -0.25) is 38.9 Å². The third-order valence-electron chi connectivity index (χ3n) is 7.21. The third-order valence-corrected chi connectivity index (χ3v) is 7.21. The molecule has 0 fully saturated rings. The summed E-state index contributed by atoms with van der Waals surface area (Å²) in [6.07, 6.45) is 6.61. The van der Waals surface area contributed by atoms with Crippen LogP contribution in [-0.2, 0) is 32.5 Å². The number of anilines is 3. The van der Waals surface area contributed by atoms with Gasteiger partial charge in [-0.25, -0.2) is 4.79 Å². The van der Waals surface area contributed by atoms with Gasteiger partial charge in [0.1, 0.15) is 17.1 Å². The van der Waals surface area contributed by atoms with Gasteiger partial charge in [-0.2, -0.15) is 4.39 Å². The predicted octanol–water partition coefficient (Wildman–Crippen LogP) is 1.48. The molecule has 4 amide bonds. The highest BCUT2D eigenvalue weighted by Crippen LogP contribution is 2.20. The van der Waals surface area contributed by atoms with Gasteiger partial charge in [0.2, 0.25) is 11.7 Å². The maximum Gasteiger partial charge on any atom is 0.328 e. The van der Waals surface area contributed by atoms with E-state index in [1.165, 1.54) is 27.3 Å². The monoisotopic (exact) mass is 701 g/mol. The quantitative estimate of drug-likeness (QED) is 0.0580. The van der Waals surface area contributed by atoms with Crippen LogP contribution < -0.4 is 38.2 Å². The summed E-state index contributed by atoms with van der Waals surface area (Å²) in [5.41, 5.74) is 5.37. The number of unbranched alkanes of at least 4 members (excludes halogenated alkanes) is 1. The molecule has 0 atom stereocenters. The Morgan fingerprint density at radius 3 is 1.78 bits per heavy atom. The minimum Gasteiger partial charge on any atom is -0.388 e. The fourth-order valence-corrected chi connectivity index (χ4v) is 4.81. The zero-order valence-corrected chi connectivity index (χ0v) is 27.7. The molecule has 0 saturated heterocycles. The summed E-state index contributed by atoms with van der Waals surface area (Å²) in [5, 5.41) is 18.1. The lowest BCUT2D eigenvalue weighted by Crippen LogP contribution is -2.31. The molecular weight excluding hydrogens is 665 g/mol. The van der Waals surface area contributed by atoms with Crippen molar-refractivity contribution in [2.75, 3.05) is 22.5 Å². The number of hydrogen-bond acceptors (Lipinski definition) is 7. The first kappa shape index (κ1) is 37.5. The van der Waals surface area contributed by atoms with E-state index < -0.39 is 28.9 Å². The van der Waals surface area contributed by atoms with Crippen LogP contribution >= 0.6 is 12.4 Å². The molecular formula is C30H37ClFN11O6. The smallest absolute Gasteiger partial charge is 0.328 e. The van der Waals surface area contributed by atoms with Crippen LogP contribution in [0.2, 0.25) is 0 Å². The van der Waals surface area contributed by atoms with E-state index >= 15 is 0 Å². The molecule has 49 heavy (non-hydrogen) atoms. The summed E-state index contributed by atoms with van der Waals surface area (Å²) < 4.78 is 19.1. The van der Waals surface area contributed by atoms with Crippen molar-refractivity contribution < 1.29 is 23.6 Å². The number of amides is 4. The number of hydrogen-bond donors (Lipinski definition) is 7. The Bertz CT molecular complexity index is 2000. The lowest BCUT2D eigenvalue weighted by Gasteiger charge is -2.05. The summed E-state index contributed by atoms with van der Waals surface area (Å²) in [7, 11) is 4.92. The first-order valence-electron chi connectivity index (χ1n) is 14.7. The summed E-state index contributed by atoms with van der Waals surface area (Å²) in [4.78, 5) is 75.7. The van der Waals surface area contributed by atoms with Crippen molar-refractivity contribution in [1.29, 1.82) is 5.41 Å². The van der Waals surface area contributed by atoms with Crippen LogP contribution in [0.3, 0.4) is 0 Å². The number of nitrogens with two attached hydrogens (primary N) is 1. The number of aryl methyl sites for hydroxylation is 4. The Kier molecular flexibility index (Phi) is 12.5. The van der Waals surface area contributed by atoms with Gasteiger partial charge in [-0.05, 0) is 31.0 Å². The fraction of sp³-hybridized carbons (Fsp3) is 0.300. The largest absolute Gasteiger partial charge is 0.388 e. The number of nitrogens with one attached hydrogen (secondary N) is 6. The standard InChI is InChI=1S/C30H36FN11O6.ClH/c1-39-14-18(11-21(39)27(45)34-8-7-24(32)33)36-29(47)23-12-19(15-41(23)3)37-28(46)22-10-17(13-40(22)2)35-25(43)6-4-5-9-42-16-20(31)26(44)38-30(42)48;/h10-16H,4-9H2,1-3H3,(H3,32,33)(H,34,45)(H,35,43)(H,36,47)(H,37,46)(H,38,44,48);1H. The number of halogens is 2. The number of nitrogens with zero attached hydrogens (tertiary/aromatic N) is 4. The molecule has 0 unspecified atom stereocenters. The van der Waals surface area contributed by atoms with E-state index in [2.05, 4.69) is 21.3 Å². The molecule has 4 heterocycles. The van der Waals surface area contributed by atoms with Gasteiger partial charge in [0.25, 0.3) is 23.3 Å². The van der Waals surface area contributed by atoms with Crippen molar-refractivity contribution in [3.8, 4) is 0 Å². The number of amidine groups is 1. The molecule has 0 bridgehead atoms. The van der Waals surface area contributed by atoms with Gasteiger partial charge in [0.05, 0.1) is 29.1 Å². The van der Waals surface area contributed by atoms with E-state index in [0.29, 0.717) is 35.6 Å². The highest BCUT2D eigenvalue weighted by atomic mass is 35.5. The summed E-state index contributed by atoms with van der Waals surface area (Å²) >= 11 is 0. The SMILES string of the molecule is Cl.Cn1cc(NC(=O)c2cc(NC(=O)c3cc(NC(=O)CCCCn4cc(F)c(=O)[nH]c4=O)cn3C)cn2C)cc1C(=O)NCCC(=N)N. The van der Waals surface area contributed by atoms with Gasteiger partial charge in [0, 0.05) is 65.7 Å². The Labute approximate surface area is 284 Å². The fourth-order valence-electron chi connectivity index (χ4n) is 4.81. The van der Waals surface area contributed by atoms with Gasteiger partial charge in [0.15, 0.2) is 0 Å². The molecule has 0 aliphatic rings. The predicted molar refractivity (Wildman–Crippen MR) is 182 cm³/mol. The lowest BCUT2D eigenvalue weighted by molar-refractivity contribution is -0.116. The third kappa shape index (κ3) is 9.80. The van der Waals surface area contributed by atoms with E-state index in [4.69, 9.17) is 11.1 Å². The van der Waals surface area contributed by atoms with Crippen LogP contribution in [-0.4, -0.2) is 59.3 Å². The van der Waals surface area contributed by atoms with Gasteiger partial charge in [-0.1, -0.05) is 0 Å². The van der Waals surface area contributed by atoms with E-state index in [-0.39, 0.29) is 67.4 Å². The first-order valence-corrected chi connectivity index (χ1v) is 14.7. The molecule has 4 rings (SSSR count). The molecule has 4 aromatic rings. The zero-order valence-electron chi connectivity index (χ0n) is 26.9. The average Bonchev–Trinajstić information content (AvgIpc) is 3.68. The van der Waals surface area contributed by atoms with E-state index in [9.17, 15) is 33.2 Å². The number of carbonyl (C=O) groups excluding carboxylic acids is 4. The van der Waals surface area contributed by atoms with Crippen molar-refractivity contribution in [1.82, 2.24) is 28.6 Å². The molecule has 0 saturated carbocycles. The average molecular weight is 702 g/mol. The van der Waals surface area contributed by atoms with Gasteiger partial charge >= 0.3 is 5.69 Å². The maximum absolute atomic E-state index is 13.4. The minimum atomic E-state index is -1.09. The zero-order chi connectivity index (χ0) is 35.1. The van der Waals surface area contributed by atoms with Crippen molar-refractivity contribution in [2.24, 2.45) is 26.9 Å². The Morgan fingerprint density at radius 2 is 1.27 bits per heavy atom. The van der Waals surface area contributed by atoms with Crippen molar-refractivity contribution >= 4 is 58.9 Å². The lowest BCUT2D eigenvalue weighted by atomic mass is 10.2. The molecule has 8 N–H and O–H groups in total. The molecule has 0 aliphatic heterocycles. The summed E-state index contributed by atoms with van der Waals surface area (Å²) in [6, 6.07) is 4.50. The Hall–Kier alpha value is -5.91.